The fraction of sp³-hybridized carbons (Fsp3) is 0.571. The van der Waals surface area contributed by atoms with E-state index in [9.17, 15) is 5.11 Å². The summed E-state index contributed by atoms with van der Waals surface area (Å²) in [6.45, 7) is 3.22. The molecule has 0 heterocycles. The molecule has 0 bridgehead atoms. The summed E-state index contributed by atoms with van der Waals surface area (Å²) >= 11 is 3.39. The molecule has 20 heavy (non-hydrogen) atoms. The minimum absolute atomic E-state index is 0.131. The molecule has 0 aliphatic carbocycles. The zero-order valence-corrected chi connectivity index (χ0v) is 13.4. The highest BCUT2D eigenvalue weighted by atomic mass is 79.9. The molecular formula is C14H22BrNO4. The number of nitrogens with two attached hydrogens (primary N) is 1. The Kier molecular flexibility index (Phi) is 8.09. The van der Waals surface area contributed by atoms with Gasteiger partial charge in [-0.2, -0.15) is 0 Å². The lowest BCUT2D eigenvalue weighted by Crippen LogP contribution is -2.25. The second kappa shape index (κ2) is 9.31. The van der Waals surface area contributed by atoms with Crippen molar-refractivity contribution in [1.29, 1.82) is 0 Å². The zero-order chi connectivity index (χ0) is 15.0. The Morgan fingerprint density at radius 3 is 2.70 bits per heavy atom. The summed E-state index contributed by atoms with van der Waals surface area (Å²) in [5, 5.41) is 9.77. The van der Waals surface area contributed by atoms with Gasteiger partial charge in [0.05, 0.1) is 19.8 Å². The highest BCUT2D eigenvalue weighted by Crippen LogP contribution is 2.27. The van der Waals surface area contributed by atoms with E-state index in [2.05, 4.69) is 15.9 Å². The lowest BCUT2D eigenvalue weighted by Gasteiger charge is -2.17. The van der Waals surface area contributed by atoms with E-state index in [1.54, 1.807) is 7.11 Å². The van der Waals surface area contributed by atoms with Crippen LogP contribution in [0.4, 0.5) is 0 Å². The van der Waals surface area contributed by atoms with Crippen LogP contribution in [-0.2, 0) is 9.47 Å². The Labute approximate surface area is 128 Å². The average Bonchev–Trinajstić information content (AvgIpc) is 2.41. The molecular weight excluding hydrogens is 326 g/mol. The Balaban J connectivity index is 2.46. The summed E-state index contributed by atoms with van der Waals surface area (Å²) in [5.74, 6) is 0.672. The summed E-state index contributed by atoms with van der Waals surface area (Å²) in [5.41, 5.74) is 6.79. The van der Waals surface area contributed by atoms with Crippen molar-refractivity contribution in [3.8, 4) is 5.75 Å². The standard InChI is InChI=1S/C14H22BrNO4/c1-10(16)13-4-3-11(15)7-14(13)20-9-12(17)8-19-6-5-18-2/h3-4,7,10,12,17H,5-6,8-9,16H2,1-2H3/t10-,12?/m0/s1. The minimum Gasteiger partial charge on any atom is -0.490 e. The molecule has 0 saturated carbocycles. The summed E-state index contributed by atoms with van der Waals surface area (Å²) < 4.78 is 16.6. The fourth-order valence-electron chi connectivity index (χ4n) is 1.61. The first-order valence-corrected chi connectivity index (χ1v) is 7.26. The normalized spacial score (nSPS) is 14.1. The molecule has 1 aromatic rings. The van der Waals surface area contributed by atoms with Crippen LogP contribution < -0.4 is 10.5 Å². The van der Waals surface area contributed by atoms with Crippen LogP contribution in [0.5, 0.6) is 5.75 Å². The SMILES string of the molecule is COCCOCC(O)COc1cc(Br)ccc1[C@H](C)N. The molecule has 1 rings (SSSR count). The van der Waals surface area contributed by atoms with Gasteiger partial charge >= 0.3 is 0 Å². The van der Waals surface area contributed by atoms with E-state index in [1.165, 1.54) is 0 Å². The van der Waals surface area contributed by atoms with Gasteiger partial charge in [0.25, 0.3) is 0 Å². The second-order valence-electron chi connectivity index (χ2n) is 4.50. The first-order valence-electron chi connectivity index (χ1n) is 6.47. The van der Waals surface area contributed by atoms with Crippen LogP contribution in [0.25, 0.3) is 0 Å². The summed E-state index contributed by atoms with van der Waals surface area (Å²) in [4.78, 5) is 0. The lowest BCUT2D eigenvalue weighted by molar-refractivity contribution is -0.00436. The number of aliphatic hydroxyl groups is 1. The van der Waals surface area contributed by atoms with E-state index < -0.39 is 6.10 Å². The molecule has 3 N–H and O–H groups in total. The van der Waals surface area contributed by atoms with Crippen molar-refractivity contribution in [3.63, 3.8) is 0 Å². The van der Waals surface area contributed by atoms with Gasteiger partial charge < -0.3 is 25.1 Å². The van der Waals surface area contributed by atoms with Crippen LogP contribution >= 0.6 is 15.9 Å². The van der Waals surface area contributed by atoms with Crippen LogP contribution in [0.15, 0.2) is 22.7 Å². The van der Waals surface area contributed by atoms with Gasteiger partial charge in [-0.1, -0.05) is 22.0 Å². The Bertz CT molecular complexity index is 401. The van der Waals surface area contributed by atoms with Crippen molar-refractivity contribution in [2.45, 2.75) is 19.1 Å². The van der Waals surface area contributed by atoms with E-state index in [0.29, 0.717) is 19.0 Å². The molecule has 0 radical (unpaired) electrons. The van der Waals surface area contributed by atoms with Gasteiger partial charge in [-0.3, -0.25) is 0 Å². The van der Waals surface area contributed by atoms with Crippen molar-refractivity contribution in [1.82, 2.24) is 0 Å². The molecule has 114 valence electrons. The Morgan fingerprint density at radius 2 is 2.05 bits per heavy atom. The molecule has 2 atom stereocenters. The van der Waals surface area contributed by atoms with E-state index >= 15 is 0 Å². The first kappa shape index (κ1) is 17.4. The van der Waals surface area contributed by atoms with E-state index in [-0.39, 0.29) is 19.3 Å². The van der Waals surface area contributed by atoms with Crippen LogP contribution in [-0.4, -0.2) is 44.7 Å². The van der Waals surface area contributed by atoms with Gasteiger partial charge in [-0.25, -0.2) is 0 Å². The van der Waals surface area contributed by atoms with Crippen LogP contribution in [0.3, 0.4) is 0 Å². The number of aliphatic hydroxyl groups excluding tert-OH is 1. The van der Waals surface area contributed by atoms with Gasteiger partial charge in [0, 0.05) is 23.2 Å². The number of hydrogen-bond donors (Lipinski definition) is 2. The second-order valence-corrected chi connectivity index (χ2v) is 5.42. The highest BCUT2D eigenvalue weighted by Gasteiger charge is 2.11. The van der Waals surface area contributed by atoms with Crippen molar-refractivity contribution >= 4 is 15.9 Å². The molecule has 6 heteroatoms. The minimum atomic E-state index is -0.688. The molecule has 0 fully saturated rings. The largest absolute Gasteiger partial charge is 0.490 e. The van der Waals surface area contributed by atoms with Crippen molar-refractivity contribution in [3.05, 3.63) is 28.2 Å². The number of benzene rings is 1. The van der Waals surface area contributed by atoms with Crippen molar-refractivity contribution < 1.29 is 19.3 Å². The molecule has 5 nitrogen and oxygen atoms in total. The molecule has 1 aromatic carbocycles. The lowest BCUT2D eigenvalue weighted by atomic mass is 10.1. The summed E-state index contributed by atoms with van der Waals surface area (Å²) in [7, 11) is 1.60. The predicted octanol–water partition coefficient (Wildman–Crippen LogP) is 1.87. The molecule has 1 unspecified atom stereocenters. The Hall–Kier alpha value is -0.660. The summed E-state index contributed by atoms with van der Waals surface area (Å²) in [6, 6.07) is 5.53. The average molecular weight is 348 g/mol. The van der Waals surface area contributed by atoms with Gasteiger partial charge in [0.1, 0.15) is 18.5 Å². The van der Waals surface area contributed by atoms with Gasteiger partial charge in [0.2, 0.25) is 0 Å². The number of methoxy groups -OCH3 is 1. The molecule has 0 aromatic heterocycles. The first-order chi connectivity index (χ1) is 9.54. The zero-order valence-electron chi connectivity index (χ0n) is 11.8. The quantitative estimate of drug-likeness (QED) is 0.667. The number of halogens is 1. The number of ether oxygens (including phenoxy) is 3. The number of hydrogen-bond acceptors (Lipinski definition) is 5. The van der Waals surface area contributed by atoms with Gasteiger partial charge in [0.15, 0.2) is 0 Å². The van der Waals surface area contributed by atoms with Crippen LogP contribution in [0.1, 0.15) is 18.5 Å². The smallest absolute Gasteiger partial charge is 0.125 e. The predicted molar refractivity (Wildman–Crippen MR) is 80.9 cm³/mol. The number of rotatable bonds is 9. The maximum absolute atomic E-state index is 9.77. The topological polar surface area (TPSA) is 73.9 Å². The third kappa shape index (κ3) is 6.19. The summed E-state index contributed by atoms with van der Waals surface area (Å²) in [6.07, 6.45) is -0.688. The van der Waals surface area contributed by atoms with Gasteiger partial charge in [-0.05, 0) is 19.1 Å². The molecule has 0 aliphatic rings. The van der Waals surface area contributed by atoms with Crippen LogP contribution in [0, 0.1) is 0 Å². The van der Waals surface area contributed by atoms with Crippen molar-refractivity contribution in [2.75, 3.05) is 33.5 Å². The molecule has 0 saturated heterocycles. The maximum atomic E-state index is 9.77. The molecule has 0 aliphatic heterocycles. The third-order valence-corrected chi connectivity index (χ3v) is 3.13. The molecule has 0 amide bonds. The van der Waals surface area contributed by atoms with E-state index in [1.807, 2.05) is 25.1 Å². The Morgan fingerprint density at radius 1 is 1.30 bits per heavy atom. The highest BCUT2D eigenvalue weighted by molar-refractivity contribution is 9.10. The van der Waals surface area contributed by atoms with Crippen molar-refractivity contribution in [2.24, 2.45) is 5.73 Å². The third-order valence-electron chi connectivity index (χ3n) is 2.64. The van der Waals surface area contributed by atoms with E-state index in [4.69, 9.17) is 19.9 Å². The maximum Gasteiger partial charge on any atom is 0.125 e. The van der Waals surface area contributed by atoms with Gasteiger partial charge in [-0.15, -0.1) is 0 Å². The van der Waals surface area contributed by atoms with E-state index in [0.717, 1.165) is 10.0 Å². The monoisotopic (exact) mass is 347 g/mol. The molecule has 0 spiro atoms. The van der Waals surface area contributed by atoms with Crippen LogP contribution in [0.2, 0.25) is 0 Å². The fourth-order valence-corrected chi connectivity index (χ4v) is 1.95.